The van der Waals surface area contributed by atoms with Crippen molar-refractivity contribution < 1.29 is 5.11 Å². The van der Waals surface area contributed by atoms with Gasteiger partial charge in [-0.2, -0.15) is 0 Å². The summed E-state index contributed by atoms with van der Waals surface area (Å²) in [6.45, 7) is 0. The van der Waals surface area contributed by atoms with E-state index in [-0.39, 0.29) is 6.10 Å². The SMILES string of the molecule is CN(c1cc[nH]c1)C1CCC(O)C1. The van der Waals surface area contributed by atoms with Crippen LogP contribution in [-0.2, 0) is 0 Å². The van der Waals surface area contributed by atoms with Crippen LogP contribution in [0.15, 0.2) is 18.5 Å². The van der Waals surface area contributed by atoms with E-state index in [9.17, 15) is 5.11 Å². The summed E-state index contributed by atoms with van der Waals surface area (Å²) in [4.78, 5) is 5.28. The van der Waals surface area contributed by atoms with Crippen molar-refractivity contribution in [1.82, 2.24) is 4.98 Å². The van der Waals surface area contributed by atoms with Crippen molar-refractivity contribution in [3.05, 3.63) is 18.5 Å². The van der Waals surface area contributed by atoms with Crippen LogP contribution in [0, 0.1) is 0 Å². The molecule has 1 aliphatic rings. The van der Waals surface area contributed by atoms with Gasteiger partial charge in [-0.05, 0) is 25.3 Å². The van der Waals surface area contributed by atoms with Gasteiger partial charge in [-0.1, -0.05) is 0 Å². The van der Waals surface area contributed by atoms with Crippen LogP contribution in [0.25, 0.3) is 0 Å². The van der Waals surface area contributed by atoms with E-state index < -0.39 is 0 Å². The van der Waals surface area contributed by atoms with E-state index >= 15 is 0 Å². The molecule has 1 aromatic rings. The Morgan fingerprint density at radius 3 is 2.92 bits per heavy atom. The Morgan fingerprint density at radius 1 is 1.54 bits per heavy atom. The lowest BCUT2D eigenvalue weighted by Gasteiger charge is -2.25. The van der Waals surface area contributed by atoms with E-state index in [4.69, 9.17) is 0 Å². The van der Waals surface area contributed by atoms with Crippen molar-refractivity contribution in [3.63, 3.8) is 0 Å². The molecule has 2 unspecified atom stereocenters. The molecular formula is C10H16N2O. The Hall–Kier alpha value is -0.960. The molecule has 13 heavy (non-hydrogen) atoms. The highest BCUT2D eigenvalue weighted by Crippen LogP contribution is 2.26. The van der Waals surface area contributed by atoms with Crippen molar-refractivity contribution in [2.45, 2.75) is 31.4 Å². The number of aliphatic hydroxyl groups excluding tert-OH is 1. The molecule has 0 aromatic carbocycles. The number of H-pyrrole nitrogens is 1. The molecule has 0 amide bonds. The van der Waals surface area contributed by atoms with Gasteiger partial charge in [0.25, 0.3) is 0 Å². The van der Waals surface area contributed by atoms with E-state index in [1.807, 2.05) is 12.4 Å². The fraction of sp³-hybridized carbons (Fsp3) is 0.600. The Balaban J connectivity index is 2.02. The third-order valence-corrected chi connectivity index (χ3v) is 2.91. The smallest absolute Gasteiger partial charge is 0.0560 e. The van der Waals surface area contributed by atoms with Gasteiger partial charge < -0.3 is 15.0 Å². The van der Waals surface area contributed by atoms with Gasteiger partial charge in [-0.25, -0.2) is 0 Å². The average Bonchev–Trinajstić information content (AvgIpc) is 2.72. The molecule has 1 saturated carbocycles. The summed E-state index contributed by atoms with van der Waals surface area (Å²) in [5.74, 6) is 0. The predicted molar refractivity (Wildman–Crippen MR) is 52.8 cm³/mol. The van der Waals surface area contributed by atoms with Crippen LogP contribution in [0.3, 0.4) is 0 Å². The lowest BCUT2D eigenvalue weighted by molar-refractivity contribution is 0.181. The molecule has 0 radical (unpaired) electrons. The normalized spacial score (nSPS) is 27.8. The Morgan fingerprint density at radius 2 is 2.38 bits per heavy atom. The quantitative estimate of drug-likeness (QED) is 0.721. The standard InChI is InChI=1S/C10H16N2O/c1-12(9-4-5-11-7-9)8-2-3-10(13)6-8/h4-5,7-8,10-11,13H,2-3,6H2,1H3. The lowest BCUT2D eigenvalue weighted by atomic mass is 10.2. The van der Waals surface area contributed by atoms with Gasteiger partial charge >= 0.3 is 0 Å². The van der Waals surface area contributed by atoms with E-state index in [1.54, 1.807) is 0 Å². The molecule has 1 heterocycles. The third kappa shape index (κ3) is 1.70. The molecular weight excluding hydrogens is 164 g/mol. The molecule has 1 aromatic heterocycles. The number of rotatable bonds is 2. The van der Waals surface area contributed by atoms with Crippen LogP contribution in [0.5, 0.6) is 0 Å². The molecule has 3 heteroatoms. The van der Waals surface area contributed by atoms with Crippen LogP contribution in [0.2, 0.25) is 0 Å². The molecule has 1 aliphatic carbocycles. The molecule has 0 bridgehead atoms. The molecule has 2 atom stereocenters. The van der Waals surface area contributed by atoms with E-state index in [0.717, 1.165) is 19.3 Å². The number of nitrogens with one attached hydrogen (secondary N) is 1. The first-order valence-corrected chi connectivity index (χ1v) is 4.81. The summed E-state index contributed by atoms with van der Waals surface area (Å²) in [5, 5.41) is 9.41. The maximum absolute atomic E-state index is 9.41. The second kappa shape index (κ2) is 3.42. The van der Waals surface area contributed by atoms with Crippen molar-refractivity contribution in [2.75, 3.05) is 11.9 Å². The minimum Gasteiger partial charge on any atom is -0.393 e. The summed E-state index contributed by atoms with van der Waals surface area (Å²) < 4.78 is 0. The summed E-state index contributed by atoms with van der Waals surface area (Å²) in [7, 11) is 2.09. The first-order valence-electron chi connectivity index (χ1n) is 4.81. The summed E-state index contributed by atoms with van der Waals surface area (Å²) in [6.07, 6.45) is 6.78. The summed E-state index contributed by atoms with van der Waals surface area (Å²) >= 11 is 0. The largest absolute Gasteiger partial charge is 0.393 e. The van der Waals surface area contributed by atoms with E-state index in [1.165, 1.54) is 5.69 Å². The van der Waals surface area contributed by atoms with Crippen LogP contribution in [0.1, 0.15) is 19.3 Å². The minimum absolute atomic E-state index is 0.0913. The van der Waals surface area contributed by atoms with Gasteiger partial charge in [0.1, 0.15) is 0 Å². The monoisotopic (exact) mass is 180 g/mol. The zero-order chi connectivity index (χ0) is 9.26. The van der Waals surface area contributed by atoms with Gasteiger partial charge in [0.05, 0.1) is 11.8 Å². The molecule has 2 N–H and O–H groups in total. The van der Waals surface area contributed by atoms with Crippen molar-refractivity contribution >= 4 is 5.69 Å². The minimum atomic E-state index is -0.0913. The first kappa shape index (κ1) is 8.63. The average molecular weight is 180 g/mol. The number of aromatic nitrogens is 1. The summed E-state index contributed by atoms with van der Waals surface area (Å²) in [6, 6.07) is 2.57. The van der Waals surface area contributed by atoms with Gasteiger partial charge in [0, 0.05) is 25.5 Å². The number of hydrogen-bond acceptors (Lipinski definition) is 2. The Labute approximate surface area is 78.4 Å². The van der Waals surface area contributed by atoms with Gasteiger partial charge in [0.15, 0.2) is 0 Å². The zero-order valence-corrected chi connectivity index (χ0v) is 7.90. The van der Waals surface area contributed by atoms with Crippen molar-refractivity contribution in [3.8, 4) is 0 Å². The highest BCUT2D eigenvalue weighted by Gasteiger charge is 2.26. The number of aromatic amines is 1. The highest BCUT2D eigenvalue weighted by atomic mass is 16.3. The molecule has 0 aliphatic heterocycles. The molecule has 2 rings (SSSR count). The number of anilines is 1. The predicted octanol–water partition coefficient (Wildman–Crippen LogP) is 1.36. The van der Waals surface area contributed by atoms with Crippen LogP contribution >= 0.6 is 0 Å². The van der Waals surface area contributed by atoms with Crippen LogP contribution in [-0.4, -0.2) is 29.3 Å². The fourth-order valence-corrected chi connectivity index (χ4v) is 2.03. The van der Waals surface area contributed by atoms with Crippen LogP contribution in [0.4, 0.5) is 5.69 Å². The molecule has 1 fully saturated rings. The lowest BCUT2D eigenvalue weighted by Crippen LogP contribution is -2.29. The number of hydrogen-bond donors (Lipinski definition) is 2. The van der Waals surface area contributed by atoms with Gasteiger partial charge in [-0.15, -0.1) is 0 Å². The first-order chi connectivity index (χ1) is 6.27. The van der Waals surface area contributed by atoms with Gasteiger partial charge in [-0.3, -0.25) is 0 Å². The topological polar surface area (TPSA) is 39.3 Å². The summed E-state index contributed by atoms with van der Waals surface area (Å²) in [5.41, 5.74) is 1.21. The molecule has 0 saturated heterocycles. The maximum Gasteiger partial charge on any atom is 0.0560 e. The van der Waals surface area contributed by atoms with E-state index in [2.05, 4.69) is 23.0 Å². The molecule has 3 nitrogen and oxygen atoms in total. The Kier molecular flexibility index (Phi) is 2.27. The second-order valence-corrected chi connectivity index (χ2v) is 3.80. The van der Waals surface area contributed by atoms with E-state index in [0.29, 0.717) is 6.04 Å². The molecule has 0 spiro atoms. The fourth-order valence-electron chi connectivity index (χ4n) is 2.03. The van der Waals surface area contributed by atoms with Crippen LogP contribution < -0.4 is 4.90 Å². The highest BCUT2D eigenvalue weighted by molar-refractivity contribution is 5.44. The van der Waals surface area contributed by atoms with Crippen molar-refractivity contribution in [2.24, 2.45) is 0 Å². The molecule has 72 valence electrons. The zero-order valence-electron chi connectivity index (χ0n) is 7.90. The number of aliphatic hydroxyl groups is 1. The van der Waals surface area contributed by atoms with Gasteiger partial charge in [0.2, 0.25) is 0 Å². The Bertz CT molecular complexity index is 258. The van der Waals surface area contributed by atoms with Crippen molar-refractivity contribution in [1.29, 1.82) is 0 Å². The second-order valence-electron chi connectivity index (χ2n) is 3.80. The maximum atomic E-state index is 9.41. The number of nitrogens with zero attached hydrogens (tertiary/aromatic N) is 1. The third-order valence-electron chi connectivity index (χ3n) is 2.91.